The second kappa shape index (κ2) is 7.91. The van der Waals surface area contributed by atoms with Crippen molar-refractivity contribution in [2.24, 2.45) is 0 Å². The van der Waals surface area contributed by atoms with Crippen molar-refractivity contribution in [1.29, 1.82) is 0 Å². The smallest absolute Gasteiger partial charge is 0.189 e. The van der Waals surface area contributed by atoms with E-state index >= 15 is 0 Å². The molecule has 1 aromatic carbocycles. The Bertz CT molecular complexity index is 810. The Morgan fingerprint density at radius 2 is 2.00 bits per heavy atom. The van der Waals surface area contributed by atoms with Crippen molar-refractivity contribution in [3.05, 3.63) is 45.7 Å². The lowest BCUT2D eigenvalue weighted by atomic mass is 10.0. The van der Waals surface area contributed by atoms with E-state index in [2.05, 4.69) is 20.9 Å². The quantitative estimate of drug-likeness (QED) is 0.916. The molecule has 5 nitrogen and oxygen atoms in total. The summed E-state index contributed by atoms with van der Waals surface area (Å²) in [5.41, 5.74) is 3.22. The molecule has 26 heavy (non-hydrogen) atoms. The van der Waals surface area contributed by atoms with Crippen molar-refractivity contribution >= 4 is 10.9 Å². The molecule has 1 atom stereocenters. The number of hydrogen-bond donors (Lipinski definition) is 1. The Hall–Kier alpha value is -1.69. The SMILES string of the molecule is Cc1ccc2[nH]c(CN3CCCC[C@H]3CN3CCOCC3)cc(=O)c2c1. The fourth-order valence-electron chi connectivity index (χ4n) is 4.28. The van der Waals surface area contributed by atoms with Gasteiger partial charge in [0.15, 0.2) is 5.43 Å². The Kier molecular flexibility index (Phi) is 5.38. The lowest BCUT2D eigenvalue weighted by molar-refractivity contribution is 0.0151. The van der Waals surface area contributed by atoms with Gasteiger partial charge in [0, 0.05) is 54.9 Å². The van der Waals surface area contributed by atoms with E-state index < -0.39 is 0 Å². The zero-order valence-electron chi connectivity index (χ0n) is 15.7. The molecule has 0 amide bonds. The van der Waals surface area contributed by atoms with Crippen LogP contribution >= 0.6 is 0 Å². The number of nitrogens with one attached hydrogen (secondary N) is 1. The van der Waals surface area contributed by atoms with Crippen molar-refractivity contribution < 1.29 is 4.74 Å². The Morgan fingerprint density at radius 3 is 2.85 bits per heavy atom. The Morgan fingerprint density at radius 1 is 1.15 bits per heavy atom. The van der Waals surface area contributed by atoms with Crippen LogP contribution in [-0.4, -0.2) is 60.2 Å². The minimum atomic E-state index is 0.124. The molecule has 140 valence electrons. The highest BCUT2D eigenvalue weighted by molar-refractivity contribution is 5.79. The van der Waals surface area contributed by atoms with Gasteiger partial charge in [-0.2, -0.15) is 0 Å². The van der Waals surface area contributed by atoms with Crippen LogP contribution in [0.2, 0.25) is 0 Å². The molecule has 3 heterocycles. The lowest BCUT2D eigenvalue weighted by Crippen LogP contribution is -2.49. The molecule has 0 saturated carbocycles. The van der Waals surface area contributed by atoms with Crippen LogP contribution in [0, 0.1) is 6.92 Å². The highest BCUT2D eigenvalue weighted by Gasteiger charge is 2.25. The molecule has 2 fully saturated rings. The third-order valence-corrected chi connectivity index (χ3v) is 5.74. The van der Waals surface area contributed by atoms with E-state index in [-0.39, 0.29) is 5.43 Å². The van der Waals surface area contributed by atoms with Crippen LogP contribution in [0.5, 0.6) is 0 Å². The predicted molar refractivity (Wildman–Crippen MR) is 105 cm³/mol. The molecule has 0 spiro atoms. The normalized spacial score (nSPS) is 22.7. The third kappa shape index (κ3) is 4.00. The lowest BCUT2D eigenvalue weighted by Gasteiger charge is -2.39. The fraction of sp³-hybridized carbons (Fsp3) is 0.571. The van der Waals surface area contributed by atoms with E-state index in [4.69, 9.17) is 4.74 Å². The van der Waals surface area contributed by atoms with Gasteiger partial charge in [-0.05, 0) is 38.4 Å². The Balaban J connectivity index is 1.51. The molecule has 2 aliphatic rings. The summed E-state index contributed by atoms with van der Waals surface area (Å²) in [6.45, 7) is 8.86. The summed E-state index contributed by atoms with van der Waals surface area (Å²) in [7, 11) is 0. The fourth-order valence-corrected chi connectivity index (χ4v) is 4.28. The monoisotopic (exact) mass is 355 g/mol. The number of aromatic nitrogens is 1. The summed E-state index contributed by atoms with van der Waals surface area (Å²) >= 11 is 0. The highest BCUT2D eigenvalue weighted by Crippen LogP contribution is 2.21. The Labute approximate surface area is 154 Å². The molecule has 0 aliphatic carbocycles. The number of pyridine rings is 1. The molecule has 0 unspecified atom stereocenters. The van der Waals surface area contributed by atoms with E-state index in [1.165, 1.54) is 19.3 Å². The van der Waals surface area contributed by atoms with Gasteiger partial charge in [0.2, 0.25) is 0 Å². The molecule has 1 N–H and O–H groups in total. The first kappa shape index (κ1) is 17.7. The average Bonchev–Trinajstić information content (AvgIpc) is 2.65. The number of aromatic amines is 1. The number of hydrogen-bond acceptors (Lipinski definition) is 4. The van der Waals surface area contributed by atoms with Crippen LogP contribution in [0.3, 0.4) is 0 Å². The summed E-state index contributed by atoms with van der Waals surface area (Å²) in [4.78, 5) is 21.1. The van der Waals surface area contributed by atoms with Crippen molar-refractivity contribution in [3.63, 3.8) is 0 Å². The minimum Gasteiger partial charge on any atom is -0.379 e. The molecule has 1 aromatic heterocycles. The molecule has 2 saturated heterocycles. The average molecular weight is 355 g/mol. The number of likely N-dealkylation sites (tertiary alicyclic amines) is 1. The largest absolute Gasteiger partial charge is 0.379 e. The van der Waals surface area contributed by atoms with Gasteiger partial charge < -0.3 is 9.72 Å². The topological polar surface area (TPSA) is 48.6 Å². The minimum absolute atomic E-state index is 0.124. The molecule has 0 radical (unpaired) electrons. The molecule has 2 aromatic rings. The van der Waals surface area contributed by atoms with Crippen LogP contribution in [0.1, 0.15) is 30.5 Å². The zero-order chi connectivity index (χ0) is 17.9. The summed E-state index contributed by atoms with van der Waals surface area (Å²) in [5, 5.41) is 0.789. The van der Waals surface area contributed by atoms with E-state index in [9.17, 15) is 4.79 Å². The maximum Gasteiger partial charge on any atom is 0.189 e. The maximum atomic E-state index is 12.5. The second-order valence-corrected chi connectivity index (χ2v) is 7.74. The number of piperidine rings is 1. The van der Waals surface area contributed by atoms with Crippen molar-refractivity contribution in [1.82, 2.24) is 14.8 Å². The van der Waals surface area contributed by atoms with E-state index in [0.29, 0.717) is 6.04 Å². The van der Waals surface area contributed by atoms with Gasteiger partial charge in [-0.25, -0.2) is 0 Å². The number of H-pyrrole nitrogens is 1. The summed E-state index contributed by atoms with van der Waals surface area (Å²) in [6.07, 6.45) is 3.80. The van der Waals surface area contributed by atoms with Crippen LogP contribution in [0.25, 0.3) is 10.9 Å². The van der Waals surface area contributed by atoms with Crippen LogP contribution in [0.4, 0.5) is 0 Å². The molecule has 4 rings (SSSR count). The van der Waals surface area contributed by atoms with Gasteiger partial charge in [0.05, 0.1) is 13.2 Å². The van der Waals surface area contributed by atoms with Gasteiger partial charge in [-0.1, -0.05) is 18.1 Å². The number of rotatable bonds is 4. The summed E-state index contributed by atoms with van der Waals surface area (Å²) < 4.78 is 5.48. The summed E-state index contributed by atoms with van der Waals surface area (Å²) in [6, 6.07) is 8.42. The van der Waals surface area contributed by atoms with Crippen LogP contribution in [-0.2, 0) is 11.3 Å². The first-order valence-electron chi connectivity index (χ1n) is 9.86. The van der Waals surface area contributed by atoms with Gasteiger partial charge in [0.1, 0.15) is 0 Å². The maximum absolute atomic E-state index is 12.5. The van der Waals surface area contributed by atoms with Crippen molar-refractivity contribution in [3.8, 4) is 0 Å². The van der Waals surface area contributed by atoms with Crippen LogP contribution < -0.4 is 5.43 Å². The molecule has 5 heteroatoms. The molecular formula is C21H29N3O2. The number of ether oxygens (including phenoxy) is 1. The molecule has 0 bridgehead atoms. The second-order valence-electron chi connectivity index (χ2n) is 7.74. The van der Waals surface area contributed by atoms with Gasteiger partial charge >= 0.3 is 0 Å². The number of benzene rings is 1. The molecule has 2 aliphatic heterocycles. The van der Waals surface area contributed by atoms with E-state index in [1.54, 1.807) is 6.07 Å². The standard InChI is InChI=1S/C21H29N3O2/c1-16-5-6-20-19(12-16)21(25)13-17(22-20)14-24-7-3-2-4-18(24)15-23-8-10-26-11-9-23/h5-6,12-13,18H,2-4,7-11,14-15H2,1H3,(H,22,25)/t18-/m0/s1. The highest BCUT2D eigenvalue weighted by atomic mass is 16.5. The first-order valence-corrected chi connectivity index (χ1v) is 9.86. The summed E-state index contributed by atoms with van der Waals surface area (Å²) in [5.74, 6) is 0. The first-order chi connectivity index (χ1) is 12.7. The number of nitrogens with zero attached hydrogens (tertiary/aromatic N) is 2. The van der Waals surface area contributed by atoms with Gasteiger partial charge in [-0.15, -0.1) is 0 Å². The number of morpholine rings is 1. The molecular weight excluding hydrogens is 326 g/mol. The zero-order valence-corrected chi connectivity index (χ0v) is 15.7. The predicted octanol–water partition coefficient (Wildman–Crippen LogP) is 2.52. The number of fused-ring (bicyclic) bond motifs is 1. The van der Waals surface area contributed by atoms with Crippen molar-refractivity contribution in [2.45, 2.75) is 38.8 Å². The van der Waals surface area contributed by atoms with Crippen LogP contribution in [0.15, 0.2) is 29.1 Å². The van der Waals surface area contributed by atoms with Crippen molar-refractivity contribution in [2.75, 3.05) is 39.4 Å². The van der Waals surface area contributed by atoms with Gasteiger partial charge in [-0.3, -0.25) is 14.6 Å². The van der Waals surface area contributed by atoms with E-state index in [1.807, 2.05) is 19.1 Å². The van der Waals surface area contributed by atoms with E-state index in [0.717, 1.165) is 68.1 Å². The van der Waals surface area contributed by atoms with Gasteiger partial charge in [0.25, 0.3) is 0 Å². The number of aryl methyl sites for hydroxylation is 1. The third-order valence-electron chi connectivity index (χ3n) is 5.74.